The number of amides is 1. The average molecular weight is 322 g/mol. The number of carbonyl (C=O) groups excluding carboxylic acids is 1. The number of nitrogens with one attached hydrogen (secondary N) is 1. The van der Waals surface area contributed by atoms with Crippen molar-refractivity contribution < 1.29 is 9.90 Å². The fraction of sp³-hybridized carbons (Fsp3) is 0.167. The molecule has 6 heteroatoms. The van der Waals surface area contributed by atoms with E-state index in [1.807, 2.05) is 38.1 Å². The number of aliphatic hydroxyl groups is 1. The highest BCUT2D eigenvalue weighted by molar-refractivity contribution is 6.05. The van der Waals surface area contributed by atoms with Crippen LogP contribution in [0.3, 0.4) is 0 Å². The zero-order chi connectivity index (χ0) is 17.1. The first kappa shape index (κ1) is 15.9. The van der Waals surface area contributed by atoms with Crippen molar-refractivity contribution in [2.75, 3.05) is 5.32 Å². The topological polar surface area (TPSA) is 80.0 Å². The van der Waals surface area contributed by atoms with Crippen molar-refractivity contribution in [2.24, 2.45) is 0 Å². The largest absolute Gasteiger partial charge is 0.392 e. The van der Waals surface area contributed by atoms with Gasteiger partial charge in [-0.15, -0.1) is 0 Å². The first-order chi connectivity index (χ1) is 11.6. The molecule has 0 aliphatic heterocycles. The van der Waals surface area contributed by atoms with E-state index in [1.54, 1.807) is 23.1 Å². The Morgan fingerprint density at radius 3 is 2.67 bits per heavy atom. The SMILES string of the molecule is Cc1ccc(CO)cc1NC(=O)c1ccc(-n2cncn2)c(C)c1. The van der Waals surface area contributed by atoms with Crippen LogP contribution in [0.25, 0.3) is 5.69 Å². The smallest absolute Gasteiger partial charge is 0.255 e. The predicted molar refractivity (Wildman–Crippen MR) is 91.2 cm³/mol. The molecular weight excluding hydrogens is 304 g/mol. The van der Waals surface area contributed by atoms with Crippen LogP contribution in [0.1, 0.15) is 27.0 Å². The summed E-state index contributed by atoms with van der Waals surface area (Å²) < 4.78 is 1.66. The third-order valence-corrected chi connectivity index (χ3v) is 3.86. The molecule has 2 N–H and O–H groups in total. The molecule has 0 atom stereocenters. The molecule has 0 unspecified atom stereocenters. The second-order valence-electron chi connectivity index (χ2n) is 5.60. The molecule has 0 aliphatic carbocycles. The Balaban J connectivity index is 1.84. The van der Waals surface area contributed by atoms with Gasteiger partial charge in [0.2, 0.25) is 0 Å². The van der Waals surface area contributed by atoms with Gasteiger partial charge < -0.3 is 10.4 Å². The lowest BCUT2D eigenvalue weighted by Gasteiger charge is -2.11. The highest BCUT2D eigenvalue weighted by Crippen LogP contribution is 2.20. The zero-order valence-corrected chi connectivity index (χ0v) is 13.5. The maximum absolute atomic E-state index is 12.5. The lowest BCUT2D eigenvalue weighted by atomic mass is 10.1. The van der Waals surface area contributed by atoms with E-state index in [-0.39, 0.29) is 12.5 Å². The average Bonchev–Trinajstić information content (AvgIpc) is 3.11. The molecule has 1 heterocycles. The summed E-state index contributed by atoms with van der Waals surface area (Å²) in [6.45, 7) is 3.77. The minimum atomic E-state index is -0.193. The van der Waals surface area contributed by atoms with E-state index in [0.29, 0.717) is 11.3 Å². The van der Waals surface area contributed by atoms with Crippen LogP contribution in [0.5, 0.6) is 0 Å². The first-order valence-corrected chi connectivity index (χ1v) is 7.56. The molecule has 2 aromatic carbocycles. The number of anilines is 1. The van der Waals surface area contributed by atoms with Crippen LogP contribution in [0, 0.1) is 13.8 Å². The van der Waals surface area contributed by atoms with Crippen molar-refractivity contribution in [3.63, 3.8) is 0 Å². The Morgan fingerprint density at radius 1 is 1.17 bits per heavy atom. The highest BCUT2D eigenvalue weighted by Gasteiger charge is 2.11. The van der Waals surface area contributed by atoms with Gasteiger partial charge in [0.15, 0.2) is 0 Å². The van der Waals surface area contributed by atoms with Crippen LogP contribution in [-0.4, -0.2) is 25.8 Å². The molecule has 1 amide bonds. The number of carbonyl (C=O) groups is 1. The van der Waals surface area contributed by atoms with E-state index in [4.69, 9.17) is 0 Å². The summed E-state index contributed by atoms with van der Waals surface area (Å²) in [6.07, 6.45) is 3.09. The Labute approximate surface area is 139 Å². The lowest BCUT2D eigenvalue weighted by molar-refractivity contribution is 0.102. The number of aromatic nitrogens is 3. The molecule has 1 aromatic heterocycles. The van der Waals surface area contributed by atoms with Crippen molar-refractivity contribution in [3.05, 3.63) is 71.3 Å². The highest BCUT2D eigenvalue weighted by atomic mass is 16.3. The Morgan fingerprint density at radius 2 is 2.00 bits per heavy atom. The molecule has 0 fully saturated rings. The van der Waals surface area contributed by atoms with Gasteiger partial charge in [-0.1, -0.05) is 12.1 Å². The maximum Gasteiger partial charge on any atom is 0.255 e. The van der Waals surface area contributed by atoms with Gasteiger partial charge in [0.1, 0.15) is 12.7 Å². The van der Waals surface area contributed by atoms with E-state index in [2.05, 4.69) is 15.4 Å². The molecule has 0 aliphatic rings. The molecule has 24 heavy (non-hydrogen) atoms. The van der Waals surface area contributed by atoms with E-state index < -0.39 is 0 Å². The zero-order valence-electron chi connectivity index (χ0n) is 13.5. The van der Waals surface area contributed by atoms with Crippen molar-refractivity contribution in [1.29, 1.82) is 0 Å². The van der Waals surface area contributed by atoms with Gasteiger partial charge in [-0.05, 0) is 54.8 Å². The molecule has 0 spiro atoms. The van der Waals surface area contributed by atoms with Crippen LogP contribution in [0.4, 0.5) is 5.69 Å². The van der Waals surface area contributed by atoms with E-state index in [9.17, 15) is 9.90 Å². The molecule has 0 radical (unpaired) electrons. The molecule has 6 nitrogen and oxygen atoms in total. The van der Waals surface area contributed by atoms with Gasteiger partial charge in [0, 0.05) is 11.3 Å². The molecule has 0 saturated heterocycles. The summed E-state index contributed by atoms with van der Waals surface area (Å²) in [5.41, 5.74) is 4.76. The van der Waals surface area contributed by atoms with Crippen LogP contribution < -0.4 is 5.32 Å². The fourth-order valence-electron chi connectivity index (χ4n) is 2.48. The van der Waals surface area contributed by atoms with Crippen LogP contribution in [0.15, 0.2) is 49.1 Å². The Hall–Kier alpha value is -2.99. The van der Waals surface area contributed by atoms with Gasteiger partial charge in [-0.3, -0.25) is 4.79 Å². The normalized spacial score (nSPS) is 10.6. The Bertz CT molecular complexity index is 873. The number of rotatable bonds is 4. The van der Waals surface area contributed by atoms with Crippen LogP contribution in [-0.2, 0) is 6.61 Å². The molecule has 3 aromatic rings. The van der Waals surface area contributed by atoms with Crippen molar-refractivity contribution in [2.45, 2.75) is 20.5 Å². The van der Waals surface area contributed by atoms with Gasteiger partial charge >= 0.3 is 0 Å². The minimum absolute atomic E-state index is 0.0607. The molecule has 0 bridgehead atoms. The number of benzene rings is 2. The van der Waals surface area contributed by atoms with Crippen molar-refractivity contribution >= 4 is 11.6 Å². The number of hydrogen-bond donors (Lipinski definition) is 2. The number of nitrogens with zero attached hydrogens (tertiary/aromatic N) is 3. The van der Waals surface area contributed by atoms with E-state index in [0.717, 1.165) is 22.4 Å². The van der Waals surface area contributed by atoms with Gasteiger partial charge in [0.05, 0.1) is 12.3 Å². The fourth-order valence-corrected chi connectivity index (χ4v) is 2.48. The third-order valence-electron chi connectivity index (χ3n) is 3.86. The summed E-state index contributed by atoms with van der Waals surface area (Å²) in [7, 11) is 0. The van der Waals surface area contributed by atoms with Gasteiger partial charge in [-0.25, -0.2) is 9.67 Å². The molecular formula is C18H18N4O2. The molecule has 3 rings (SSSR count). The van der Waals surface area contributed by atoms with Gasteiger partial charge in [0.25, 0.3) is 5.91 Å². The number of aliphatic hydroxyl groups excluding tert-OH is 1. The van der Waals surface area contributed by atoms with E-state index in [1.165, 1.54) is 6.33 Å². The van der Waals surface area contributed by atoms with E-state index >= 15 is 0 Å². The van der Waals surface area contributed by atoms with Crippen molar-refractivity contribution in [3.8, 4) is 5.69 Å². The Kier molecular flexibility index (Phi) is 4.39. The van der Waals surface area contributed by atoms with Crippen LogP contribution in [0.2, 0.25) is 0 Å². The maximum atomic E-state index is 12.5. The number of hydrogen-bond acceptors (Lipinski definition) is 4. The third kappa shape index (κ3) is 3.18. The number of aryl methyl sites for hydroxylation is 2. The predicted octanol–water partition coefficient (Wildman–Crippen LogP) is 2.63. The quantitative estimate of drug-likeness (QED) is 0.774. The summed E-state index contributed by atoms with van der Waals surface area (Å²) in [5.74, 6) is -0.193. The van der Waals surface area contributed by atoms with Crippen molar-refractivity contribution in [1.82, 2.24) is 14.8 Å². The standard InChI is InChI=1S/C18H18N4O2/c1-12-3-4-14(9-23)8-16(12)21-18(24)15-5-6-17(13(2)7-15)22-11-19-10-20-22/h3-8,10-11,23H,9H2,1-2H3,(H,21,24). The second kappa shape index (κ2) is 6.64. The minimum Gasteiger partial charge on any atom is -0.392 e. The van der Waals surface area contributed by atoms with Crippen LogP contribution >= 0.6 is 0 Å². The first-order valence-electron chi connectivity index (χ1n) is 7.56. The van der Waals surface area contributed by atoms with Gasteiger partial charge in [-0.2, -0.15) is 5.10 Å². The second-order valence-corrected chi connectivity index (χ2v) is 5.60. The summed E-state index contributed by atoms with van der Waals surface area (Å²) in [6, 6.07) is 10.9. The lowest BCUT2D eigenvalue weighted by Crippen LogP contribution is -2.13. The molecule has 122 valence electrons. The summed E-state index contributed by atoms with van der Waals surface area (Å²) >= 11 is 0. The monoisotopic (exact) mass is 322 g/mol. The molecule has 0 saturated carbocycles. The summed E-state index contributed by atoms with van der Waals surface area (Å²) in [5, 5.41) is 16.2. The summed E-state index contributed by atoms with van der Waals surface area (Å²) in [4.78, 5) is 16.4.